The number of hydrogen-bond acceptors (Lipinski definition) is 3. The van der Waals surface area contributed by atoms with E-state index in [4.69, 9.17) is 20.8 Å². The monoisotopic (exact) mass is 274 g/mol. The molecular weight excluding hydrogens is 264 g/mol. The van der Waals surface area contributed by atoms with Gasteiger partial charge in [-0.1, -0.05) is 17.7 Å². The van der Waals surface area contributed by atoms with Crippen molar-refractivity contribution in [1.29, 1.82) is 0 Å². The second-order valence-electron chi connectivity index (χ2n) is 4.15. The van der Waals surface area contributed by atoms with Crippen molar-refractivity contribution in [1.82, 2.24) is 0 Å². The van der Waals surface area contributed by atoms with Crippen LogP contribution in [0.5, 0.6) is 11.5 Å². The summed E-state index contributed by atoms with van der Waals surface area (Å²) >= 11 is 6.08. The van der Waals surface area contributed by atoms with Crippen LogP contribution >= 0.6 is 11.6 Å². The highest BCUT2D eigenvalue weighted by Crippen LogP contribution is 2.27. The molecule has 0 saturated carbocycles. The molecule has 1 aromatic heterocycles. The van der Waals surface area contributed by atoms with E-state index in [1.54, 1.807) is 24.3 Å². The molecule has 1 N–H and O–H groups in total. The summed E-state index contributed by atoms with van der Waals surface area (Å²) in [4.78, 5) is 0. The Kier molecular flexibility index (Phi) is 3.05. The molecule has 0 aliphatic heterocycles. The van der Waals surface area contributed by atoms with Gasteiger partial charge in [-0.05, 0) is 42.5 Å². The number of rotatable bonds is 3. The zero-order valence-corrected chi connectivity index (χ0v) is 10.7. The van der Waals surface area contributed by atoms with Gasteiger partial charge in [0.1, 0.15) is 29.4 Å². The summed E-state index contributed by atoms with van der Waals surface area (Å²) in [6.45, 7) is 0.315. The lowest BCUT2D eigenvalue weighted by Gasteiger charge is -2.03. The van der Waals surface area contributed by atoms with Crippen molar-refractivity contribution < 1.29 is 14.3 Å². The van der Waals surface area contributed by atoms with Crippen LogP contribution in [0.25, 0.3) is 11.0 Å². The Bertz CT molecular complexity index is 701. The van der Waals surface area contributed by atoms with Crippen LogP contribution in [0.15, 0.2) is 52.9 Å². The first-order valence-electron chi connectivity index (χ1n) is 5.81. The van der Waals surface area contributed by atoms with E-state index in [1.165, 1.54) is 0 Å². The SMILES string of the molecule is Oc1ccc(OCc2cc3c(Cl)cccc3o2)cc1. The van der Waals surface area contributed by atoms with Gasteiger partial charge in [-0.15, -0.1) is 0 Å². The van der Waals surface area contributed by atoms with Crippen molar-refractivity contribution in [3.8, 4) is 11.5 Å². The lowest BCUT2D eigenvalue weighted by molar-refractivity contribution is 0.274. The molecule has 1 heterocycles. The second kappa shape index (κ2) is 4.86. The molecule has 3 nitrogen and oxygen atoms in total. The van der Waals surface area contributed by atoms with Crippen molar-refractivity contribution in [3.05, 3.63) is 59.3 Å². The van der Waals surface area contributed by atoms with Crippen LogP contribution in [0.2, 0.25) is 5.02 Å². The average Bonchev–Trinajstić information content (AvgIpc) is 2.83. The Morgan fingerprint density at radius 1 is 1.11 bits per heavy atom. The van der Waals surface area contributed by atoms with Crippen LogP contribution in [0.3, 0.4) is 0 Å². The van der Waals surface area contributed by atoms with Gasteiger partial charge in [0.15, 0.2) is 0 Å². The third kappa shape index (κ3) is 2.51. The Balaban J connectivity index is 1.78. The van der Waals surface area contributed by atoms with Gasteiger partial charge in [0.2, 0.25) is 0 Å². The Morgan fingerprint density at radius 2 is 1.89 bits per heavy atom. The number of benzene rings is 2. The first-order chi connectivity index (χ1) is 9.22. The van der Waals surface area contributed by atoms with Crippen molar-refractivity contribution >= 4 is 22.6 Å². The molecule has 19 heavy (non-hydrogen) atoms. The van der Waals surface area contributed by atoms with E-state index in [2.05, 4.69) is 0 Å². The molecule has 0 bridgehead atoms. The fourth-order valence-corrected chi connectivity index (χ4v) is 2.07. The Labute approximate surface area is 115 Å². The predicted molar refractivity (Wildman–Crippen MR) is 73.7 cm³/mol. The molecule has 0 radical (unpaired) electrons. The van der Waals surface area contributed by atoms with Gasteiger partial charge in [0.05, 0.1) is 5.02 Å². The topological polar surface area (TPSA) is 42.6 Å². The fourth-order valence-electron chi connectivity index (χ4n) is 1.85. The highest BCUT2D eigenvalue weighted by Gasteiger charge is 2.07. The van der Waals surface area contributed by atoms with E-state index in [1.807, 2.05) is 24.3 Å². The maximum atomic E-state index is 9.18. The molecule has 96 valence electrons. The number of fused-ring (bicyclic) bond motifs is 1. The molecule has 0 amide bonds. The van der Waals surface area contributed by atoms with Crippen LogP contribution in [0.4, 0.5) is 0 Å². The first kappa shape index (κ1) is 11.9. The van der Waals surface area contributed by atoms with Crippen LogP contribution in [0, 0.1) is 0 Å². The van der Waals surface area contributed by atoms with Crippen molar-refractivity contribution in [2.45, 2.75) is 6.61 Å². The smallest absolute Gasteiger partial charge is 0.146 e. The summed E-state index contributed by atoms with van der Waals surface area (Å²) in [5.74, 6) is 1.59. The summed E-state index contributed by atoms with van der Waals surface area (Å²) in [5.41, 5.74) is 0.747. The van der Waals surface area contributed by atoms with E-state index in [0.717, 1.165) is 11.0 Å². The minimum absolute atomic E-state index is 0.211. The minimum Gasteiger partial charge on any atom is -0.508 e. The van der Waals surface area contributed by atoms with Crippen LogP contribution in [-0.4, -0.2) is 5.11 Å². The zero-order chi connectivity index (χ0) is 13.2. The average molecular weight is 275 g/mol. The number of aromatic hydroxyl groups is 1. The van der Waals surface area contributed by atoms with Crippen LogP contribution in [-0.2, 0) is 6.61 Å². The van der Waals surface area contributed by atoms with Gasteiger partial charge in [-0.3, -0.25) is 0 Å². The van der Waals surface area contributed by atoms with E-state index < -0.39 is 0 Å². The molecule has 3 aromatic rings. The standard InChI is InChI=1S/C15H11ClO3/c16-14-2-1-3-15-13(14)8-12(19-15)9-18-11-6-4-10(17)5-7-11/h1-8,17H,9H2. The van der Waals surface area contributed by atoms with Gasteiger partial charge in [-0.25, -0.2) is 0 Å². The predicted octanol–water partition coefficient (Wildman–Crippen LogP) is 4.37. The number of ether oxygens (including phenoxy) is 1. The summed E-state index contributed by atoms with van der Waals surface area (Å²) in [6, 6.07) is 14.0. The van der Waals surface area contributed by atoms with Crippen molar-refractivity contribution in [2.24, 2.45) is 0 Å². The molecule has 0 spiro atoms. The summed E-state index contributed by atoms with van der Waals surface area (Å²) < 4.78 is 11.2. The van der Waals surface area contributed by atoms with Crippen LogP contribution < -0.4 is 4.74 Å². The molecule has 2 aromatic carbocycles. The lowest BCUT2D eigenvalue weighted by atomic mass is 10.2. The normalized spacial score (nSPS) is 10.8. The molecular formula is C15H11ClO3. The number of hydrogen-bond donors (Lipinski definition) is 1. The zero-order valence-electron chi connectivity index (χ0n) is 9.97. The lowest BCUT2D eigenvalue weighted by Crippen LogP contribution is -1.92. The highest BCUT2D eigenvalue weighted by molar-refractivity contribution is 6.35. The maximum Gasteiger partial charge on any atom is 0.146 e. The minimum atomic E-state index is 0.211. The van der Waals surface area contributed by atoms with E-state index >= 15 is 0 Å². The van der Waals surface area contributed by atoms with E-state index in [-0.39, 0.29) is 5.75 Å². The summed E-state index contributed by atoms with van der Waals surface area (Å²) in [5, 5.41) is 10.7. The van der Waals surface area contributed by atoms with Crippen LogP contribution in [0.1, 0.15) is 5.76 Å². The third-order valence-electron chi connectivity index (χ3n) is 2.78. The second-order valence-corrected chi connectivity index (χ2v) is 4.55. The number of furan rings is 1. The molecule has 0 unspecified atom stereocenters. The molecule has 0 fully saturated rings. The molecule has 0 aliphatic rings. The summed E-state index contributed by atoms with van der Waals surface area (Å²) in [6.07, 6.45) is 0. The van der Waals surface area contributed by atoms with Gasteiger partial charge in [0.25, 0.3) is 0 Å². The molecule has 0 aliphatic carbocycles. The summed E-state index contributed by atoms with van der Waals surface area (Å²) in [7, 11) is 0. The molecule has 0 atom stereocenters. The number of phenols is 1. The van der Waals surface area contributed by atoms with Crippen molar-refractivity contribution in [2.75, 3.05) is 0 Å². The van der Waals surface area contributed by atoms with Gasteiger partial charge < -0.3 is 14.3 Å². The van der Waals surface area contributed by atoms with Gasteiger partial charge in [0, 0.05) is 5.39 Å². The first-order valence-corrected chi connectivity index (χ1v) is 6.19. The van der Waals surface area contributed by atoms with Gasteiger partial charge in [-0.2, -0.15) is 0 Å². The quantitative estimate of drug-likeness (QED) is 0.771. The maximum absolute atomic E-state index is 9.18. The van der Waals surface area contributed by atoms with Crippen molar-refractivity contribution in [3.63, 3.8) is 0 Å². The molecule has 0 saturated heterocycles. The van der Waals surface area contributed by atoms with E-state index in [9.17, 15) is 5.11 Å². The van der Waals surface area contributed by atoms with Gasteiger partial charge >= 0.3 is 0 Å². The van der Waals surface area contributed by atoms with E-state index in [0.29, 0.717) is 23.1 Å². The highest BCUT2D eigenvalue weighted by atomic mass is 35.5. The molecule has 3 rings (SSSR count). The Morgan fingerprint density at radius 3 is 2.63 bits per heavy atom. The molecule has 4 heteroatoms. The number of halogens is 1. The largest absolute Gasteiger partial charge is 0.508 e. The fraction of sp³-hybridized carbons (Fsp3) is 0.0667. The number of phenolic OH excluding ortho intramolecular Hbond substituents is 1. The third-order valence-corrected chi connectivity index (χ3v) is 3.11. The Hall–Kier alpha value is -2.13.